The molecule has 1 aromatic heterocycles. The van der Waals surface area contributed by atoms with Gasteiger partial charge in [0, 0.05) is 12.4 Å². The molecular formula is C13H23N. The molecule has 0 atom stereocenters. The Labute approximate surface area is 88.2 Å². The van der Waals surface area contributed by atoms with Gasteiger partial charge in [0.2, 0.25) is 0 Å². The molecule has 1 heterocycles. The summed E-state index contributed by atoms with van der Waals surface area (Å²) in [5.41, 5.74) is 0. The van der Waals surface area contributed by atoms with Crippen molar-refractivity contribution in [1.82, 2.24) is 4.98 Å². The molecule has 0 aromatic carbocycles. The average molecular weight is 193 g/mol. The van der Waals surface area contributed by atoms with Gasteiger partial charge in [-0.25, -0.2) is 0 Å². The van der Waals surface area contributed by atoms with Gasteiger partial charge in [0.15, 0.2) is 0 Å². The summed E-state index contributed by atoms with van der Waals surface area (Å²) in [5, 5.41) is 2.45. The second kappa shape index (κ2) is 11.9. The molecule has 0 amide bonds. The largest absolute Gasteiger partial charge is 0.264 e. The molecule has 0 saturated carbocycles. The van der Waals surface area contributed by atoms with Crippen molar-refractivity contribution >= 4 is 12.2 Å². The van der Waals surface area contributed by atoms with Crippen molar-refractivity contribution in [2.24, 2.45) is 0 Å². The maximum atomic E-state index is 4.01. The third-order valence-electron chi connectivity index (χ3n) is 1.51. The number of nitrogens with zero attached hydrogens (tertiary/aromatic N) is 1. The highest BCUT2D eigenvalue weighted by Gasteiger charge is 1.78. The molecule has 80 valence electrons. The topological polar surface area (TPSA) is 12.9 Å². The molecule has 1 aromatic rings. The van der Waals surface area contributed by atoms with Gasteiger partial charge < -0.3 is 0 Å². The first-order chi connectivity index (χ1) is 6.88. The zero-order valence-corrected chi connectivity index (χ0v) is 10.3. The Bertz CT molecular complexity index is 279. The maximum Gasteiger partial charge on any atom is 0.0342 e. The van der Waals surface area contributed by atoms with E-state index in [-0.39, 0.29) is 0 Å². The molecule has 0 radical (unpaired) electrons. The summed E-state index contributed by atoms with van der Waals surface area (Å²) in [7, 11) is 0. The lowest BCUT2D eigenvalue weighted by atomic mass is 10.3. The Morgan fingerprint density at radius 2 is 1.43 bits per heavy atom. The molecule has 0 unspecified atom stereocenters. The fourth-order valence-electron chi connectivity index (χ4n) is 0.922. The lowest BCUT2D eigenvalue weighted by Gasteiger charge is -1.84. The van der Waals surface area contributed by atoms with E-state index in [0.29, 0.717) is 0 Å². The van der Waals surface area contributed by atoms with Crippen molar-refractivity contribution in [3.8, 4) is 0 Å². The zero-order valence-electron chi connectivity index (χ0n) is 10.3. The summed E-state index contributed by atoms with van der Waals surface area (Å²) in [6.07, 6.45) is 7.82. The minimum Gasteiger partial charge on any atom is -0.264 e. The highest BCUT2D eigenvalue weighted by Crippen LogP contribution is 1.64. The van der Waals surface area contributed by atoms with Crippen LogP contribution in [0.1, 0.15) is 41.5 Å². The summed E-state index contributed by atoms with van der Waals surface area (Å²) in [6.45, 7) is 12.0. The molecule has 1 heteroatoms. The number of pyridine rings is 1. The van der Waals surface area contributed by atoms with E-state index in [2.05, 4.69) is 17.1 Å². The standard InChI is InChI=1S/C9H11N.2C2H6/c1-3-8-5-6-10-7-9(8)4-2;2*1-2/h3-7H,1-2H3;2*1-2H3/b8-3-,9-4-;;. The Balaban J connectivity index is 0. The first kappa shape index (κ1) is 15.4. The quantitative estimate of drug-likeness (QED) is 0.617. The smallest absolute Gasteiger partial charge is 0.0342 e. The lowest BCUT2D eigenvalue weighted by Crippen LogP contribution is -2.23. The fraction of sp³-hybridized carbons (Fsp3) is 0.462. The molecule has 0 N–H and O–H groups in total. The first-order valence-corrected chi connectivity index (χ1v) is 5.41. The van der Waals surface area contributed by atoms with Crippen LogP contribution in [0.3, 0.4) is 0 Å². The summed E-state index contributed by atoms with van der Waals surface area (Å²) in [6, 6.07) is 2.01. The van der Waals surface area contributed by atoms with E-state index in [0.717, 1.165) is 0 Å². The van der Waals surface area contributed by atoms with E-state index in [1.807, 2.05) is 60.0 Å². The number of hydrogen-bond donors (Lipinski definition) is 0. The van der Waals surface area contributed by atoms with E-state index < -0.39 is 0 Å². The van der Waals surface area contributed by atoms with Gasteiger partial charge >= 0.3 is 0 Å². The summed E-state index contributed by atoms with van der Waals surface area (Å²) in [4.78, 5) is 4.01. The van der Waals surface area contributed by atoms with Crippen LogP contribution in [0.15, 0.2) is 18.5 Å². The van der Waals surface area contributed by atoms with E-state index in [1.54, 1.807) is 0 Å². The van der Waals surface area contributed by atoms with Gasteiger partial charge in [0.25, 0.3) is 0 Å². The summed E-state index contributed by atoms with van der Waals surface area (Å²) in [5.74, 6) is 0. The summed E-state index contributed by atoms with van der Waals surface area (Å²) >= 11 is 0. The predicted molar refractivity (Wildman–Crippen MR) is 66.5 cm³/mol. The van der Waals surface area contributed by atoms with Gasteiger partial charge in [-0.3, -0.25) is 4.98 Å². The number of hydrogen-bond acceptors (Lipinski definition) is 1. The van der Waals surface area contributed by atoms with Crippen LogP contribution in [0.4, 0.5) is 0 Å². The normalized spacial score (nSPS) is 11.0. The van der Waals surface area contributed by atoms with Crippen LogP contribution in [0, 0.1) is 0 Å². The molecule has 0 saturated heterocycles. The van der Waals surface area contributed by atoms with E-state index in [9.17, 15) is 0 Å². The highest BCUT2D eigenvalue weighted by molar-refractivity contribution is 5.26. The van der Waals surface area contributed by atoms with Crippen LogP contribution < -0.4 is 10.4 Å². The molecule has 0 bridgehead atoms. The van der Waals surface area contributed by atoms with Crippen molar-refractivity contribution in [2.75, 3.05) is 0 Å². The average Bonchev–Trinajstić information content (AvgIpc) is 2.34. The number of rotatable bonds is 0. The van der Waals surface area contributed by atoms with E-state index in [1.165, 1.54) is 10.4 Å². The van der Waals surface area contributed by atoms with Gasteiger partial charge in [0.05, 0.1) is 0 Å². The third-order valence-corrected chi connectivity index (χ3v) is 1.51. The summed E-state index contributed by atoms with van der Waals surface area (Å²) < 4.78 is 0. The minimum absolute atomic E-state index is 1.20. The molecule has 0 aliphatic carbocycles. The van der Waals surface area contributed by atoms with Gasteiger partial charge in [0.1, 0.15) is 0 Å². The Morgan fingerprint density at radius 1 is 0.929 bits per heavy atom. The monoisotopic (exact) mass is 193 g/mol. The predicted octanol–water partition coefficient (Wildman–Crippen LogP) is 2.73. The van der Waals surface area contributed by atoms with Crippen LogP contribution >= 0.6 is 0 Å². The lowest BCUT2D eigenvalue weighted by molar-refractivity contribution is 1.27. The second-order valence-electron chi connectivity index (χ2n) is 2.08. The molecule has 14 heavy (non-hydrogen) atoms. The molecule has 1 nitrogen and oxygen atoms in total. The second-order valence-corrected chi connectivity index (χ2v) is 2.08. The van der Waals surface area contributed by atoms with E-state index >= 15 is 0 Å². The van der Waals surface area contributed by atoms with Gasteiger partial charge in [-0.2, -0.15) is 0 Å². The molecule has 0 fully saturated rings. The third kappa shape index (κ3) is 5.52. The molecule has 0 aliphatic heterocycles. The molecular weight excluding hydrogens is 170 g/mol. The Kier molecular flexibility index (Phi) is 13.1. The van der Waals surface area contributed by atoms with Crippen LogP contribution in [-0.2, 0) is 0 Å². The highest BCUT2D eigenvalue weighted by atomic mass is 14.6. The molecule has 0 spiro atoms. The fourth-order valence-corrected chi connectivity index (χ4v) is 0.922. The maximum absolute atomic E-state index is 4.01. The van der Waals surface area contributed by atoms with Crippen molar-refractivity contribution in [3.05, 3.63) is 28.9 Å². The molecule has 0 aliphatic rings. The van der Waals surface area contributed by atoms with Crippen molar-refractivity contribution < 1.29 is 0 Å². The zero-order chi connectivity index (χ0) is 11.4. The van der Waals surface area contributed by atoms with Crippen LogP contribution in [0.2, 0.25) is 0 Å². The van der Waals surface area contributed by atoms with Crippen LogP contribution in [0.5, 0.6) is 0 Å². The van der Waals surface area contributed by atoms with Crippen LogP contribution in [-0.4, -0.2) is 4.98 Å². The van der Waals surface area contributed by atoms with Crippen molar-refractivity contribution in [1.29, 1.82) is 0 Å². The Morgan fingerprint density at radius 3 is 1.79 bits per heavy atom. The number of aromatic nitrogens is 1. The van der Waals surface area contributed by atoms with Gasteiger partial charge in [-0.15, -0.1) is 0 Å². The Hall–Kier alpha value is -1.11. The SMILES string of the molecule is C/C=c1/ccnc/c1=C/C.CC.CC. The van der Waals surface area contributed by atoms with Gasteiger partial charge in [-0.05, 0) is 30.4 Å². The van der Waals surface area contributed by atoms with E-state index in [4.69, 9.17) is 0 Å². The van der Waals surface area contributed by atoms with Crippen LogP contribution in [0.25, 0.3) is 12.2 Å². The first-order valence-electron chi connectivity index (χ1n) is 5.41. The van der Waals surface area contributed by atoms with Crippen molar-refractivity contribution in [2.45, 2.75) is 41.5 Å². The van der Waals surface area contributed by atoms with Gasteiger partial charge in [-0.1, -0.05) is 39.8 Å². The van der Waals surface area contributed by atoms with Crippen molar-refractivity contribution in [3.63, 3.8) is 0 Å². The minimum atomic E-state index is 1.20. The molecule has 1 rings (SSSR count).